The van der Waals surface area contributed by atoms with E-state index in [1.165, 1.54) is 0 Å². The minimum absolute atomic E-state index is 0.217. The van der Waals surface area contributed by atoms with Crippen molar-refractivity contribution in [3.63, 3.8) is 0 Å². The summed E-state index contributed by atoms with van der Waals surface area (Å²) in [6.07, 6.45) is 2.24. The van der Waals surface area contributed by atoms with E-state index in [-0.39, 0.29) is 6.04 Å². The van der Waals surface area contributed by atoms with Gasteiger partial charge < -0.3 is 19.9 Å². The first kappa shape index (κ1) is 16.6. The van der Waals surface area contributed by atoms with Gasteiger partial charge in [-0.1, -0.05) is 17.7 Å². The zero-order chi connectivity index (χ0) is 15.2. The molecule has 0 spiro atoms. The zero-order valence-electron chi connectivity index (χ0n) is 12.7. The molecular formula is C16H24ClNO3. The Morgan fingerprint density at radius 2 is 2.33 bits per heavy atom. The summed E-state index contributed by atoms with van der Waals surface area (Å²) in [5, 5.41) is 13.9. The number of aliphatic hydroxyl groups excluding tert-OH is 1. The quantitative estimate of drug-likeness (QED) is 0.848. The molecule has 0 fully saturated rings. The molecule has 118 valence electrons. The molecule has 1 aliphatic rings. The van der Waals surface area contributed by atoms with Crippen molar-refractivity contribution in [3.05, 3.63) is 28.3 Å². The van der Waals surface area contributed by atoms with Crippen LogP contribution in [0.5, 0.6) is 5.75 Å². The topological polar surface area (TPSA) is 50.7 Å². The van der Waals surface area contributed by atoms with Crippen LogP contribution >= 0.6 is 11.6 Å². The summed E-state index contributed by atoms with van der Waals surface area (Å²) >= 11 is 6.30. The second kappa shape index (κ2) is 7.99. The van der Waals surface area contributed by atoms with Gasteiger partial charge in [-0.3, -0.25) is 0 Å². The van der Waals surface area contributed by atoms with Gasteiger partial charge in [-0.25, -0.2) is 0 Å². The molecule has 0 aliphatic carbocycles. The van der Waals surface area contributed by atoms with Gasteiger partial charge in [-0.05, 0) is 44.4 Å². The fourth-order valence-corrected chi connectivity index (χ4v) is 3.03. The van der Waals surface area contributed by atoms with Crippen molar-refractivity contribution < 1.29 is 14.6 Å². The van der Waals surface area contributed by atoms with E-state index in [0.717, 1.165) is 36.3 Å². The summed E-state index contributed by atoms with van der Waals surface area (Å²) in [5.41, 5.74) is 2.26. The molecule has 1 aliphatic heterocycles. The minimum Gasteiger partial charge on any atom is -0.492 e. The number of rotatable bonds is 6. The smallest absolute Gasteiger partial charge is 0.142 e. The van der Waals surface area contributed by atoms with Crippen molar-refractivity contribution in [1.82, 2.24) is 5.32 Å². The summed E-state index contributed by atoms with van der Waals surface area (Å²) in [5.74, 6) is 0.801. The van der Waals surface area contributed by atoms with Crippen molar-refractivity contribution in [1.29, 1.82) is 0 Å². The van der Waals surface area contributed by atoms with Crippen molar-refractivity contribution in [2.24, 2.45) is 0 Å². The van der Waals surface area contributed by atoms with Gasteiger partial charge in [0.15, 0.2) is 0 Å². The van der Waals surface area contributed by atoms with E-state index in [4.69, 9.17) is 21.1 Å². The number of hydrogen-bond acceptors (Lipinski definition) is 4. The highest BCUT2D eigenvalue weighted by molar-refractivity contribution is 6.32. The second-order valence-electron chi connectivity index (χ2n) is 5.56. The van der Waals surface area contributed by atoms with Crippen molar-refractivity contribution in [3.8, 4) is 5.75 Å². The van der Waals surface area contributed by atoms with Gasteiger partial charge >= 0.3 is 0 Å². The molecule has 5 heteroatoms. The van der Waals surface area contributed by atoms with E-state index in [9.17, 15) is 5.11 Å². The molecule has 2 rings (SSSR count). The average molecular weight is 314 g/mol. The first-order chi connectivity index (χ1) is 10.1. The molecule has 0 amide bonds. The van der Waals surface area contributed by atoms with Crippen LogP contribution in [0.25, 0.3) is 0 Å². The lowest BCUT2D eigenvalue weighted by Gasteiger charge is -2.20. The maximum atomic E-state index is 9.71. The van der Waals surface area contributed by atoms with Gasteiger partial charge in [0.25, 0.3) is 0 Å². The predicted octanol–water partition coefficient (Wildman–Crippen LogP) is 2.85. The number of aliphatic hydroxyl groups is 1. The Balaban J connectivity index is 2.04. The monoisotopic (exact) mass is 313 g/mol. The van der Waals surface area contributed by atoms with Crippen molar-refractivity contribution in [2.45, 2.75) is 38.3 Å². The number of fused-ring (bicyclic) bond motifs is 1. The normalized spacial score (nSPS) is 19.5. The number of ether oxygens (including phenoxy) is 2. The summed E-state index contributed by atoms with van der Waals surface area (Å²) in [4.78, 5) is 0. The standard InChI is InChI=1S/C16H24ClNO3/c1-11-8-13-15(18-6-5-12(19)10-20-2)4-3-7-21-16(13)14(17)9-11/h8-9,12,15,18-19H,3-7,10H2,1-2H3. The number of nitrogens with one attached hydrogen (secondary N) is 1. The average Bonchev–Trinajstić information content (AvgIpc) is 2.62. The Morgan fingerprint density at radius 3 is 3.10 bits per heavy atom. The molecule has 2 N–H and O–H groups in total. The van der Waals surface area contributed by atoms with Crippen LogP contribution in [0.1, 0.15) is 36.4 Å². The SMILES string of the molecule is COCC(O)CCNC1CCCOc2c(Cl)cc(C)cc21. The molecule has 0 aromatic heterocycles. The van der Waals surface area contributed by atoms with Crippen LogP contribution < -0.4 is 10.1 Å². The van der Waals surface area contributed by atoms with Gasteiger partial charge in [0.1, 0.15) is 5.75 Å². The van der Waals surface area contributed by atoms with E-state index >= 15 is 0 Å². The molecule has 21 heavy (non-hydrogen) atoms. The van der Waals surface area contributed by atoms with Gasteiger partial charge in [0.05, 0.1) is 24.3 Å². The third kappa shape index (κ3) is 4.58. The third-order valence-corrected chi connectivity index (χ3v) is 3.98. The predicted molar refractivity (Wildman–Crippen MR) is 84.2 cm³/mol. The van der Waals surface area contributed by atoms with E-state index in [1.54, 1.807) is 7.11 Å². The molecule has 0 saturated carbocycles. The summed E-state index contributed by atoms with van der Waals surface area (Å²) < 4.78 is 10.7. The van der Waals surface area contributed by atoms with Crippen LogP contribution in [-0.4, -0.2) is 38.1 Å². The van der Waals surface area contributed by atoms with Crippen LogP contribution in [0.4, 0.5) is 0 Å². The Hall–Kier alpha value is -0.810. The molecule has 2 atom stereocenters. The Morgan fingerprint density at radius 1 is 1.52 bits per heavy atom. The number of methoxy groups -OCH3 is 1. The second-order valence-corrected chi connectivity index (χ2v) is 5.97. The maximum absolute atomic E-state index is 9.71. The van der Waals surface area contributed by atoms with E-state index in [2.05, 4.69) is 11.4 Å². The summed E-state index contributed by atoms with van der Waals surface area (Å²) in [7, 11) is 1.60. The Bertz CT molecular complexity index is 467. The van der Waals surface area contributed by atoms with Crippen LogP contribution in [0.3, 0.4) is 0 Å². The van der Waals surface area contributed by atoms with Gasteiger partial charge in [0.2, 0.25) is 0 Å². The molecule has 0 bridgehead atoms. The van der Waals surface area contributed by atoms with E-state index < -0.39 is 6.10 Å². The molecule has 1 aromatic rings. The van der Waals surface area contributed by atoms with E-state index in [0.29, 0.717) is 24.7 Å². The molecule has 1 aromatic carbocycles. The van der Waals surface area contributed by atoms with Crippen molar-refractivity contribution >= 4 is 11.6 Å². The molecular weight excluding hydrogens is 290 g/mol. The highest BCUT2D eigenvalue weighted by Crippen LogP contribution is 2.38. The molecule has 1 heterocycles. The summed E-state index contributed by atoms with van der Waals surface area (Å²) in [6, 6.07) is 4.29. The highest BCUT2D eigenvalue weighted by Gasteiger charge is 2.22. The fraction of sp³-hybridized carbons (Fsp3) is 0.625. The molecule has 4 nitrogen and oxygen atoms in total. The third-order valence-electron chi connectivity index (χ3n) is 3.70. The van der Waals surface area contributed by atoms with Crippen LogP contribution in [0.2, 0.25) is 5.02 Å². The number of benzene rings is 1. The molecule has 0 saturated heterocycles. The maximum Gasteiger partial charge on any atom is 0.142 e. The van der Waals surface area contributed by atoms with Crippen LogP contribution in [0, 0.1) is 6.92 Å². The first-order valence-corrected chi connectivity index (χ1v) is 7.83. The van der Waals surface area contributed by atoms with Gasteiger partial charge in [-0.15, -0.1) is 0 Å². The van der Waals surface area contributed by atoms with Gasteiger partial charge in [-0.2, -0.15) is 0 Å². The van der Waals surface area contributed by atoms with Crippen molar-refractivity contribution in [2.75, 3.05) is 26.9 Å². The molecule has 2 unspecified atom stereocenters. The zero-order valence-corrected chi connectivity index (χ0v) is 13.4. The number of aryl methyl sites for hydroxylation is 1. The van der Waals surface area contributed by atoms with E-state index in [1.807, 2.05) is 13.0 Å². The van der Waals surface area contributed by atoms with Gasteiger partial charge in [0, 0.05) is 18.7 Å². The van der Waals surface area contributed by atoms with Crippen LogP contribution in [-0.2, 0) is 4.74 Å². The Labute approximate surface area is 131 Å². The fourth-order valence-electron chi connectivity index (χ4n) is 2.70. The van der Waals surface area contributed by atoms with Crippen LogP contribution in [0.15, 0.2) is 12.1 Å². The number of halogens is 1. The minimum atomic E-state index is -0.426. The largest absolute Gasteiger partial charge is 0.492 e. The lowest BCUT2D eigenvalue weighted by Crippen LogP contribution is -2.27. The first-order valence-electron chi connectivity index (χ1n) is 7.45. The Kier molecular flexibility index (Phi) is 6.30. The molecule has 0 radical (unpaired) electrons. The lowest BCUT2D eigenvalue weighted by molar-refractivity contribution is 0.0589. The highest BCUT2D eigenvalue weighted by atomic mass is 35.5. The lowest BCUT2D eigenvalue weighted by atomic mass is 9.99. The number of hydrogen-bond donors (Lipinski definition) is 2. The summed E-state index contributed by atoms with van der Waals surface area (Å²) in [6.45, 7) is 3.84.